The molecule has 0 atom stereocenters. The normalized spacial score (nSPS) is 29.1. The number of hydrogen-bond acceptors (Lipinski definition) is 3. The monoisotopic (exact) mass is 261 g/mol. The molecule has 4 heteroatoms. The summed E-state index contributed by atoms with van der Waals surface area (Å²) in [7, 11) is 0. The molecule has 2 fully saturated rings. The predicted octanol–water partition coefficient (Wildman–Crippen LogP) is 1.75. The molecule has 0 aromatic carbocycles. The summed E-state index contributed by atoms with van der Waals surface area (Å²) in [5.74, 6) is 1.52. The Morgan fingerprint density at radius 1 is 1.26 bits per heavy atom. The van der Waals surface area contributed by atoms with Crippen LogP contribution in [-0.4, -0.2) is 33.8 Å². The third kappa shape index (κ3) is 2.89. The van der Waals surface area contributed by atoms with E-state index in [-0.39, 0.29) is 5.56 Å². The maximum absolute atomic E-state index is 11.6. The molecule has 1 aromatic rings. The molecular formula is C15H23N3O. The molecule has 1 aromatic heterocycles. The molecule has 4 nitrogen and oxygen atoms in total. The lowest BCUT2D eigenvalue weighted by molar-refractivity contribution is 0.0195. The number of nitrogens with zero attached hydrogens (tertiary/aromatic N) is 3. The standard InChI is InChI=1S/C15H23N3O/c1-12-4-6-14(7-5-12)17-9-13(10-17)11-18-15(19)3-2-8-16-18/h2-3,8,12-14H,4-7,9-11H2,1H3. The maximum Gasteiger partial charge on any atom is 0.266 e. The van der Waals surface area contributed by atoms with Crippen LogP contribution in [-0.2, 0) is 6.54 Å². The van der Waals surface area contributed by atoms with E-state index in [4.69, 9.17) is 0 Å². The van der Waals surface area contributed by atoms with E-state index in [0.29, 0.717) is 5.92 Å². The van der Waals surface area contributed by atoms with Crippen molar-refractivity contribution in [1.29, 1.82) is 0 Å². The lowest BCUT2D eigenvalue weighted by atomic mass is 9.84. The van der Waals surface area contributed by atoms with Gasteiger partial charge >= 0.3 is 0 Å². The van der Waals surface area contributed by atoms with Crippen LogP contribution in [0.5, 0.6) is 0 Å². The van der Waals surface area contributed by atoms with Crippen LogP contribution in [0.1, 0.15) is 32.6 Å². The molecule has 0 radical (unpaired) electrons. The van der Waals surface area contributed by atoms with Crippen molar-refractivity contribution in [2.75, 3.05) is 13.1 Å². The Balaban J connectivity index is 1.48. The molecule has 0 amide bonds. The van der Waals surface area contributed by atoms with Crippen LogP contribution in [0, 0.1) is 11.8 Å². The molecular weight excluding hydrogens is 238 g/mol. The van der Waals surface area contributed by atoms with Crippen LogP contribution < -0.4 is 5.56 Å². The summed E-state index contributed by atoms with van der Waals surface area (Å²) in [5.41, 5.74) is 0.0208. The number of likely N-dealkylation sites (tertiary alicyclic amines) is 1. The Hall–Kier alpha value is -1.16. The predicted molar refractivity (Wildman–Crippen MR) is 75.0 cm³/mol. The van der Waals surface area contributed by atoms with Gasteiger partial charge in [0.25, 0.3) is 5.56 Å². The van der Waals surface area contributed by atoms with Crippen LogP contribution in [0.3, 0.4) is 0 Å². The van der Waals surface area contributed by atoms with Crippen LogP contribution in [0.2, 0.25) is 0 Å². The minimum Gasteiger partial charge on any atom is -0.300 e. The van der Waals surface area contributed by atoms with Crippen molar-refractivity contribution in [2.45, 2.75) is 45.2 Å². The van der Waals surface area contributed by atoms with Gasteiger partial charge in [0.1, 0.15) is 0 Å². The fourth-order valence-corrected chi connectivity index (χ4v) is 3.40. The van der Waals surface area contributed by atoms with Crippen molar-refractivity contribution in [1.82, 2.24) is 14.7 Å². The Kier molecular flexibility index (Phi) is 3.69. The van der Waals surface area contributed by atoms with Crippen molar-refractivity contribution in [3.05, 3.63) is 28.7 Å². The second kappa shape index (κ2) is 5.45. The molecule has 1 saturated carbocycles. The van der Waals surface area contributed by atoms with Gasteiger partial charge in [-0.15, -0.1) is 0 Å². The summed E-state index contributed by atoms with van der Waals surface area (Å²) in [5, 5.41) is 4.13. The summed E-state index contributed by atoms with van der Waals surface area (Å²) in [4.78, 5) is 14.2. The van der Waals surface area contributed by atoms with E-state index in [9.17, 15) is 4.79 Å². The molecule has 2 aliphatic rings. The lowest BCUT2D eigenvalue weighted by Crippen LogP contribution is -2.54. The van der Waals surface area contributed by atoms with Crippen LogP contribution in [0.15, 0.2) is 23.1 Å². The highest BCUT2D eigenvalue weighted by molar-refractivity contribution is 4.90. The Morgan fingerprint density at radius 2 is 2.00 bits per heavy atom. The van der Waals surface area contributed by atoms with Gasteiger partial charge in [0.2, 0.25) is 0 Å². The van der Waals surface area contributed by atoms with E-state index in [1.807, 2.05) is 0 Å². The molecule has 104 valence electrons. The number of rotatable bonds is 3. The van der Waals surface area contributed by atoms with E-state index in [0.717, 1.165) is 31.6 Å². The molecule has 3 rings (SSSR count). The molecule has 0 N–H and O–H groups in total. The Labute approximate surface area is 114 Å². The van der Waals surface area contributed by atoms with Gasteiger partial charge in [-0.05, 0) is 37.7 Å². The van der Waals surface area contributed by atoms with E-state index >= 15 is 0 Å². The minimum absolute atomic E-state index is 0.0208. The zero-order valence-corrected chi connectivity index (χ0v) is 11.7. The average Bonchev–Trinajstić information content (AvgIpc) is 2.37. The fraction of sp³-hybridized carbons (Fsp3) is 0.733. The first-order valence-corrected chi connectivity index (χ1v) is 7.48. The molecule has 19 heavy (non-hydrogen) atoms. The summed E-state index contributed by atoms with van der Waals surface area (Å²) in [6.07, 6.45) is 7.17. The Morgan fingerprint density at radius 3 is 2.68 bits per heavy atom. The second-order valence-electron chi connectivity index (χ2n) is 6.28. The zero-order chi connectivity index (χ0) is 13.2. The van der Waals surface area contributed by atoms with Crippen LogP contribution >= 0.6 is 0 Å². The van der Waals surface area contributed by atoms with Gasteiger partial charge in [0.15, 0.2) is 0 Å². The maximum atomic E-state index is 11.6. The third-order valence-corrected chi connectivity index (χ3v) is 4.70. The van der Waals surface area contributed by atoms with Gasteiger partial charge in [-0.25, -0.2) is 4.68 Å². The van der Waals surface area contributed by atoms with Gasteiger partial charge in [0.05, 0.1) is 6.54 Å². The van der Waals surface area contributed by atoms with E-state index < -0.39 is 0 Å². The zero-order valence-electron chi connectivity index (χ0n) is 11.7. The topological polar surface area (TPSA) is 38.1 Å². The van der Waals surface area contributed by atoms with E-state index in [1.165, 1.54) is 25.7 Å². The van der Waals surface area contributed by atoms with Crippen molar-refractivity contribution < 1.29 is 0 Å². The van der Waals surface area contributed by atoms with Crippen LogP contribution in [0.4, 0.5) is 0 Å². The minimum atomic E-state index is 0.0208. The summed E-state index contributed by atoms with van der Waals surface area (Å²) >= 11 is 0. The summed E-state index contributed by atoms with van der Waals surface area (Å²) in [6, 6.07) is 4.09. The quantitative estimate of drug-likeness (QED) is 0.832. The van der Waals surface area contributed by atoms with Crippen molar-refractivity contribution in [3.8, 4) is 0 Å². The first-order chi connectivity index (χ1) is 9.22. The number of hydrogen-bond donors (Lipinski definition) is 0. The van der Waals surface area contributed by atoms with E-state index in [2.05, 4.69) is 16.9 Å². The number of aromatic nitrogens is 2. The average molecular weight is 261 g/mol. The van der Waals surface area contributed by atoms with Crippen molar-refractivity contribution >= 4 is 0 Å². The summed E-state index contributed by atoms with van der Waals surface area (Å²) < 4.78 is 1.60. The third-order valence-electron chi connectivity index (χ3n) is 4.70. The molecule has 0 bridgehead atoms. The van der Waals surface area contributed by atoms with E-state index in [1.54, 1.807) is 23.0 Å². The Bertz CT molecular complexity index is 470. The van der Waals surface area contributed by atoms with Crippen molar-refractivity contribution in [3.63, 3.8) is 0 Å². The first kappa shape index (κ1) is 12.9. The molecule has 1 aliphatic carbocycles. The summed E-state index contributed by atoms with van der Waals surface area (Å²) in [6.45, 7) is 5.42. The fourth-order valence-electron chi connectivity index (χ4n) is 3.40. The van der Waals surface area contributed by atoms with Gasteiger partial charge in [0, 0.05) is 37.3 Å². The molecule has 1 saturated heterocycles. The highest BCUT2D eigenvalue weighted by Crippen LogP contribution is 2.31. The molecule has 2 heterocycles. The van der Waals surface area contributed by atoms with Gasteiger partial charge < -0.3 is 0 Å². The molecule has 1 aliphatic heterocycles. The second-order valence-corrected chi connectivity index (χ2v) is 6.28. The van der Waals surface area contributed by atoms with Crippen molar-refractivity contribution in [2.24, 2.45) is 11.8 Å². The highest BCUT2D eigenvalue weighted by atomic mass is 16.1. The van der Waals surface area contributed by atoms with Gasteiger partial charge in [-0.2, -0.15) is 5.10 Å². The van der Waals surface area contributed by atoms with Gasteiger partial charge in [-0.3, -0.25) is 9.69 Å². The van der Waals surface area contributed by atoms with Gasteiger partial charge in [-0.1, -0.05) is 6.92 Å². The largest absolute Gasteiger partial charge is 0.300 e. The molecule has 0 spiro atoms. The molecule has 0 unspecified atom stereocenters. The smallest absolute Gasteiger partial charge is 0.266 e. The lowest BCUT2D eigenvalue weighted by Gasteiger charge is -2.46. The SMILES string of the molecule is CC1CCC(N2CC(Cn3ncccc3=O)C2)CC1. The first-order valence-electron chi connectivity index (χ1n) is 7.48. The van der Waals surface area contributed by atoms with Crippen LogP contribution in [0.25, 0.3) is 0 Å². The highest BCUT2D eigenvalue weighted by Gasteiger charge is 2.34.